The van der Waals surface area contributed by atoms with Crippen LogP contribution in [0.1, 0.15) is 19.5 Å². The summed E-state index contributed by atoms with van der Waals surface area (Å²) in [5, 5.41) is 4.50. The van der Waals surface area contributed by atoms with E-state index in [1.807, 2.05) is 19.2 Å². The molecular formula is C13H18N4. The Bertz CT molecular complexity index is 500. The maximum atomic E-state index is 6.09. The van der Waals surface area contributed by atoms with Crippen LogP contribution in [0.3, 0.4) is 0 Å². The van der Waals surface area contributed by atoms with E-state index in [1.54, 1.807) is 17.1 Å². The van der Waals surface area contributed by atoms with E-state index in [0.29, 0.717) is 11.7 Å². The molecule has 0 amide bonds. The molecule has 90 valence electrons. The summed E-state index contributed by atoms with van der Waals surface area (Å²) >= 11 is 0. The normalized spacial score (nSPS) is 11.1. The van der Waals surface area contributed by atoms with E-state index in [1.165, 1.54) is 0 Å². The number of anilines is 1. The number of aryl methyl sites for hydroxylation is 1. The maximum absolute atomic E-state index is 6.09. The van der Waals surface area contributed by atoms with E-state index in [2.05, 4.69) is 23.9 Å². The molecule has 17 heavy (non-hydrogen) atoms. The van der Waals surface area contributed by atoms with Gasteiger partial charge in [-0.05, 0) is 30.0 Å². The fourth-order valence-electron chi connectivity index (χ4n) is 1.96. The summed E-state index contributed by atoms with van der Waals surface area (Å²) in [5.74, 6) is 1.27. The Morgan fingerprint density at radius 2 is 1.94 bits per heavy atom. The summed E-state index contributed by atoms with van der Waals surface area (Å²) < 4.78 is 1.74. The Labute approximate surface area is 101 Å². The minimum absolute atomic E-state index is 0.560. The van der Waals surface area contributed by atoms with Crippen LogP contribution in [-0.2, 0) is 13.5 Å². The van der Waals surface area contributed by atoms with Crippen LogP contribution in [0.4, 0.5) is 5.82 Å². The van der Waals surface area contributed by atoms with Gasteiger partial charge in [0.05, 0.1) is 5.69 Å². The minimum Gasteiger partial charge on any atom is -0.383 e. The third-order valence-electron chi connectivity index (χ3n) is 2.73. The van der Waals surface area contributed by atoms with Crippen LogP contribution in [0.25, 0.3) is 11.1 Å². The molecule has 0 aromatic carbocycles. The molecule has 0 aliphatic rings. The molecule has 2 heterocycles. The zero-order valence-electron chi connectivity index (χ0n) is 10.5. The number of aromatic nitrogens is 3. The minimum atomic E-state index is 0.560. The highest BCUT2D eigenvalue weighted by atomic mass is 15.3. The van der Waals surface area contributed by atoms with Crippen molar-refractivity contribution in [2.24, 2.45) is 13.0 Å². The maximum Gasteiger partial charge on any atom is 0.129 e. The molecule has 2 aromatic rings. The fourth-order valence-corrected chi connectivity index (χ4v) is 1.96. The molecule has 0 atom stereocenters. The second-order valence-corrected chi connectivity index (χ2v) is 4.66. The van der Waals surface area contributed by atoms with E-state index in [9.17, 15) is 0 Å². The van der Waals surface area contributed by atoms with Gasteiger partial charge in [0.25, 0.3) is 0 Å². The van der Waals surface area contributed by atoms with Gasteiger partial charge in [0, 0.05) is 25.0 Å². The van der Waals surface area contributed by atoms with Crippen LogP contribution < -0.4 is 5.73 Å². The Kier molecular flexibility index (Phi) is 3.13. The number of pyridine rings is 1. The molecule has 0 unspecified atom stereocenters. The number of nitrogens with zero attached hydrogens (tertiary/aromatic N) is 3. The van der Waals surface area contributed by atoms with Crippen molar-refractivity contribution in [1.82, 2.24) is 14.8 Å². The van der Waals surface area contributed by atoms with Gasteiger partial charge < -0.3 is 5.73 Å². The largest absolute Gasteiger partial charge is 0.383 e. The summed E-state index contributed by atoms with van der Waals surface area (Å²) in [6.45, 7) is 4.36. The molecule has 0 saturated carbocycles. The van der Waals surface area contributed by atoms with Crippen molar-refractivity contribution in [1.29, 1.82) is 0 Å². The highest BCUT2D eigenvalue weighted by molar-refractivity contribution is 5.76. The van der Waals surface area contributed by atoms with Crippen LogP contribution in [0.15, 0.2) is 24.5 Å². The summed E-state index contributed by atoms with van der Waals surface area (Å²) in [5.41, 5.74) is 9.28. The van der Waals surface area contributed by atoms with Crippen molar-refractivity contribution < 1.29 is 0 Å². The van der Waals surface area contributed by atoms with Crippen molar-refractivity contribution >= 4 is 5.82 Å². The average molecular weight is 230 g/mol. The number of nitrogens with two attached hydrogens (primary N) is 1. The lowest BCUT2D eigenvalue weighted by molar-refractivity contribution is 0.622. The number of nitrogen functional groups attached to an aromatic ring is 1. The van der Waals surface area contributed by atoms with Crippen molar-refractivity contribution in [3.8, 4) is 11.1 Å². The third kappa shape index (κ3) is 2.30. The molecule has 2 N–H and O–H groups in total. The van der Waals surface area contributed by atoms with Crippen molar-refractivity contribution in [3.63, 3.8) is 0 Å². The van der Waals surface area contributed by atoms with Gasteiger partial charge in [0.15, 0.2) is 0 Å². The standard InChI is InChI=1S/C13H18N4/c1-9(2)8-11-12(13(14)17(3)16-11)10-4-6-15-7-5-10/h4-7,9H,8,14H2,1-3H3. The summed E-state index contributed by atoms with van der Waals surface area (Å²) in [4.78, 5) is 4.03. The summed E-state index contributed by atoms with van der Waals surface area (Å²) in [6, 6.07) is 3.94. The van der Waals surface area contributed by atoms with Gasteiger partial charge >= 0.3 is 0 Å². The van der Waals surface area contributed by atoms with E-state index in [4.69, 9.17) is 5.73 Å². The van der Waals surface area contributed by atoms with Crippen molar-refractivity contribution in [3.05, 3.63) is 30.2 Å². The van der Waals surface area contributed by atoms with Crippen LogP contribution in [0, 0.1) is 5.92 Å². The molecule has 0 spiro atoms. The molecule has 0 aliphatic heterocycles. The average Bonchev–Trinajstić information content (AvgIpc) is 2.55. The molecule has 4 nitrogen and oxygen atoms in total. The summed E-state index contributed by atoms with van der Waals surface area (Å²) in [6.07, 6.45) is 4.49. The highest BCUT2D eigenvalue weighted by Crippen LogP contribution is 2.30. The van der Waals surface area contributed by atoms with Gasteiger partial charge in [-0.3, -0.25) is 9.67 Å². The Morgan fingerprint density at radius 1 is 1.29 bits per heavy atom. The Balaban J connectivity index is 2.52. The molecule has 2 aromatic heterocycles. The van der Waals surface area contributed by atoms with Crippen LogP contribution in [-0.4, -0.2) is 14.8 Å². The topological polar surface area (TPSA) is 56.7 Å². The van der Waals surface area contributed by atoms with Gasteiger partial charge in [0.2, 0.25) is 0 Å². The van der Waals surface area contributed by atoms with Gasteiger partial charge in [-0.25, -0.2) is 0 Å². The first kappa shape index (κ1) is 11.6. The van der Waals surface area contributed by atoms with Crippen LogP contribution in [0.5, 0.6) is 0 Å². The second-order valence-electron chi connectivity index (χ2n) is 4.66. The zero-order valence-corrected chi connectivity index (χ0v) is 10.5. The quantitative estimate of drug-likeness (QED) is 0.880. The van der Waals surface area contributed by atoms with E-state index >= 15 is 0 Å². The first-order chi connectivity index (χ1) is 8.09. The zero-order chi connectivity index (χ0) is 12.4. The van der Waals surface area contributed by atoms with Crippen LogP contribution in [0.2, 0.25) is 0 Å². The summed E-state index contributed by atoms with van der Waals surface area (Å²) in [7, 11) is 1.88. The molecule has 0 bridgehead atoms. The lowest BCUT2D eigenvalue weighted by Gasteiger charge is -2.05. The molecule has 4 heteroatoms. The number of hydrogen-bond acceptors (Lipinski definition) is 3. The molecular weight excluding hydrogens is 212 g/mol. The molecule has 2 rings (SSSR count). The third-order valence-corrected chi connectivity index (χ3v) is 2.73. The molecule has 0 fully saturated rings. The van der Waals surface area contributed by atoms with Gasteiger partial charge in [-0.1, -0.05) is 13.8 Å². The second kappa shape index (κ2) is 4.57. The van der Waals surface area contributed by atoms with Gasteiger partial charge in [-0.2, -0.15) is 5.10 Å². The fraction of sp³-hybridized carbons (Fsp3) is 0.385. The molecule has 0 aliphatic carbocycles. The van der Waals surface area contributed by atoms with Gasteiger partial charge in [0.1, 0.15) is 5.82 Å². The lowest BCUT2D eigenvalue weighted by Crippen LogP contribution is -1.98. The van der Waals surface area contributed by atoms with E-state index in [0.717, 1.165) is 23.2 Å². The highest BCUT2D eigenvalue weighted by Gasteiger charge is 2.16. The number of hydrogen-bond donors (Lipinski definition) is 1. The molecule has 0 radical (unpaired) electrons. The SMILES string of the molecule is CC(C)Cc1nn(C)c(N)c1-c1ccncc1. The first-order valence-electron chi connectivity index (χ1n) is 5.81. The molecule has 0 saturated heterocycles. The van der Waals surface area contributed by atoms with Gasteiger partial charge in [-0.15, -0.1) is 0 Å². The van der Waals surface area contributed by atoms with Crippen LogP contribution >= 0.6 is 0 Å². The lowest BCUT2D eigenvalue weighted by atomic mass is 10.0. The van der Waals surface area contributed by atoms with Crippen molar-refractivity contribution in [2.45, 2.75) is 20.3 Å². The van der Waals surface area contributed by atoms with E-state index < -0.39 is 0 Å². The first-order valence-corrected chi connectivity index (χ1v) is 5.81. The predicted octanol–water partition coefficient (Wildman–Crippen LogP) is 2.26. The smallest absolute Gasteiger partial charge is 0.129 e. The monoisotopic (exact) mass is 230 g/mol. The Hall–Kier alpha value is -1.84. The Morgan fingerprint density at radius 3 is 2.53 bits per heavy atom. The van der Waals surface area contributed by atoms with E-state index in [-0.39, 0.29) is 0 Å². The number of rotatable bonds is 3. The predicted molar refractivity (Wildman–Crippen MR) is 69.4 cm³/mol. The van der Waals surface area contributed by atoms with Crippen molar-refractivity contribution in [2.75, 3.05) is 5.73 Å².